The molecule has 148 valence electrons. The third-order valence-electron chi connectivity index (χ3n) is 4.53. The summed E-state index contributed by atoms with van der Waals surface area (Å²) >= 11 is 0. The van der Waals surface area contributed by atoms with E-state index in [4.69, 9.17) is 4.52 Å². The molecule has 0 radical (unpaired) electrons. The quantitative estimate of drug-likeness (QED) is 0.712. The van der Waals surface area contributed by atoms with Crippen molar-refractivity contribution in [3.8, 4) is 0 Å². The molecule has 0 bridgehead atoms. The lowest BCUT2D eigenvalue weighted by Gasteiger charge is -2.36. The molecule has 1 aliphatic rings. The van der Waals surface area contributed by atoms with E-state index in [2.05, 4.69) is 15.2 Å². The van der Waals surface area contributed by atoms with Gasteiger partial charge in [-0.15, -0.1) is 0 Å². The number of aryl methyl sites for hydroxylation is 1. The molecule has 10 nitrogen and oxygen atoms in total. The molecule has 27 heavy (non-hydrogen) atoms. The van der Waals surface area contributed by atoms with Crippen LogP contribution in [0.5, 0.6) is 0 Å². The van der Waals surface area contributed by atoms with Crippen LogP contribution in [0.1, 0.15) is 44.3 Å². The number of nitrogens with zero attached hydrogens (tertiary/aromatic N) is 6. The third kappa shape index (κ3) is 4.03. The second kappa shape index (κ2) is 7.39. The number of sulfonamides is 1. The van der Waals surface area contributed by atoms with Crippen molar-refractivity contribution in [2.45, 2.75) is 45.2 Å². The summed E-state index contributed by atoms with van der Waals surface area (Å²) in [4.78, 5) is 18.9. The maximum atomic E-state index is 13.1. The topological polar surface area (TPSA) is 114 Å². The fraction of sp³-hybridized carbons (Fsp3) is 0.625. The second-order valence-corrected chi connectivity index (χ2v) is 8.91. The number of anilines is 1. The normalized spacial score (nSPS) is 18.7. The molecule has 1 saturated heterocycles. The summed E-state index contributed by atoms with van der Waals surface area (Å²) in [5.74, 6) is 1.08. The Morgan fingerprint density at radius 3 is 2.70 bits per heavy atom. The van der Waals surface area contributed by atoms with Crippen molar-refractivity contribution >= 4 is 21.7 Å². The maximum Gasteiger partial charge on any atom is 0.246 e. The number of carbonyl (C=O) groups excluding carboxylic acids is 1. The molecule has 1 fully saturated rings. The molecule has 1 amide bonds. The Kier molecular flexibility index (Phi) is 5.33. The summed E-state index contributed by atoms with van der Waals surface area (Å²) in [5.41, 5.74) is 0. The molecular weight excluding hydrogens is 372 g/mol. The standard InChI is InChI=1S/C16H24N6O4S/c1-11(2)15-18-13(19-26-15)10-22(27(4,24)25)12-6-5-9-21(16(12)23)14-7-8-17-20(14)3/h7-8,11-12H,5-6,9-10H2,1-4H3. The van der Waals surface area contributed by atoms with Gasteiger partial charge >= 0.3 is 0 Å². The molecule has 0 saturated carbocycles. The first kappa shape index (κ1) is 19.5. The van der Waals surface area contributed by atoms with Crippen molar-refractivity contribution in [1.82, 2.24) is 24.2 Å². The van der Waals surface area contributed by atoms with Crippen LogP contribution in [0.4, 0.5) is 5.82 Å². The molecule has 1 aliphatic heterocycles. The summed E-state index contributed by atoms with van der Waals surface area (Å²) in [6.45, 7) is 4.22. The fourth-order valence-electron chi connectivity index (χ4n) is 3.15. The van der Waals surface area contributed by atoms with Crippen molar-refractivity contribution in [2.24, 2.45) is 7.05 Å². The van der Waals surface area contributed by atoms with Gasteiger partial charge in [-0.25, -0.2) is 8.42 Å². The van der Waals surface area contributed by atoms with E-state index in [1.807, 2.05) is 13.8 Å². The number of amides is 1. The average Bonchev–Trinajstić information content (AvgIpc) is 3.21. The fourth-order valence-corrected chi connectivity index (χ4v) is 4.15. The smallest absolute Gasteiger partial charge is 0.246 e. The minimum atomic E-state index is -3.67. The van der Waals surface area contributed by atoms with Crippen molar-refractivity contribution in [3.63, 3.8) is 0 Å². The molecule has 1 atom stereocenters. The van der Waals surface area contributed by atoms with E-state index in [0.29, 0.717) is 31.1 Å². The lowest BCUT2D eigenvalue weighted by molar-refractivity contribution is -0.123. The molecule has 0 spiro atoms. The van der Waals surface area contributed by atoms with Crippen LogP contribution >= 0.6 is 0 Å². The summed E-state index contributed by atoms with van der Waals surface area (Å²) in [7, 11) is -1.92. The van der Waals surface area contributed by atoms with Crippen LogP contribution in [0.15, 0.2) is 16.8 Å². The lowest BCUT2D eigenvalue weighted by atomic mass is 10.0. The highest BCUT2D eigenvalue weighted by atomic mass is 32.2. The van der Waals surface area contributed by atoms with Gasteiger partial charge in [0.2, 0.25) is 21.8 Å². The van der Waals surface area contributed by atoms with Crippen LogP contribution in [0.2, 0.25) is 0 Å². The third-order valence-corrected chi connectivity index (χ3v) is 5.77. The zero-order valence-corrected chi connectivity index (χ0v) is 16.7. The Morgan fingerprint density at radius 1 is 1.41 bits per heavy atom. The number of hydrogen-bond acceptors (Lipinski definition) is 7. The van der Waals surface area contributed by atoms with Gasteiger partial charge in [-0.1, -0.05) is 19.0 Å². The average molecular weight is 396 g/mol. The maximum absolute atomic E-state index is 13.1. The molecular formula is C16H24N6O4S. The Labute approximate surface area is 158 Å². The second-order valence-electron chi connectivity index (χ2n) is 6.97. The molecule has 11 heteroatoms. The Balaban J connectivity index is 1.88. The molecule has 1 unspecified atom stereocenters. The van der Waals surface area contributed by atoms with Crippen molar-refractivity contribution in [3.05, 3.63) is 24.0 Å². The van der Waals surface area contributed by atoms with Crippen LogP contribution in [0, 0.1) is 0 Å². The van der Waals surface area contributed by atoms with Crippen LogP contribution in [0.25, 0.3) is 0 Å². The van der Waals surface area contributed by atoms with Crippen LogP contribution in [0.3, 0.4) is 0 Å². The predicted octanol–water partition coefficient (Wildman–Crippen LogP) is 0.884. The van der Waals surface area contributed by atoms with E-state index in [1.165, 1.54) is 0 Å². The number of carbonyl (C=O) groups is 1. The highest BCUT2D eigenvalue weighted by Crippen LogP contribution is 2.26. The molecule has 0 aliphatic carbocycles. The minimum Gasteiger partial charge on any atom is -0.339 e. The lowest BCUT2D eigenvalue weighted by Crippen LogP contribution is -2.54. The summed E-state index contributed by atoms with van der Waals surface area (Å²) in [6, 6.07) is 0.920. The van der Waals surface area contributed by atoms with Gasteiger partial charge in [0, 0.05) is 25.6 Å². The predicted molar refractivity (Wildman–Crippen MR) is 97.4 cm³/mol. The molecule has 0 N–H and O–H groups in total. The summed E-state index contributed by atoms with van der Waals surface area (Å²) < 4.78 is 32.8. The van der Waals surface area contributed by atoms with Gasteiger partial charge in [-0.05, 0) is 12.8 Å². The van der Waals surface area contributed by atoms with E-state index < -0.39 is 16.1 Å². The highest BCUT2D eigenvalue weighted by molar-refractivity contribution is 7.88. The van der Waals surface area contributed by atoms with E-state index in [1.54, 1.807) is 28.9 Å². The summed E-state index contributed by atoms with van der Waals surface area (Å²) in [5, 5.41) is 7.95. The zero-order chi connectivity index (χ0) is 19.8. The molecule has 3 heterocycles. The van der Waals surface area contributed by atoms with Crippen molar-refractivity contribution < 1.29 is 17.7 Å². The number of hydrogen-bond donors (Lipinski definition) is 0. The number of piperidine rings is 1. The van der Waals surface area contributed by atoms with E-state index >= 15 is 0 Å². The number of rotatable bonds is 6. The van der Waals surface area contributed by atoms with Crippen LogP contribution < -0.4 is 4.90 Å². The van der Waals surface area contributed by atoms with Gasteiger partial charge in [-0.2, -0.15) is 14.4 Å². The Hall–Kier alpha value is -2.27. The molecule has 0 aromatic carbocycles. The van der Waals surface area contributed by atoms with Gasteiger partial charge in [0.05, 0.1) is 19.0 Å². The van der Waals surface area contributed by atoms with Crippen molar-refractivity contribution in [2.75, 3.05) is 17.7 Å². The van der Waals surface area contributed by atoms with Crippen LogP contribution in [-0.4, -0.2) is 57.4 Å². The van der Waals surface area contributed by atoms with Gasteiger partial charge in [0.1, 0.15) is 11.9 Å². The molecule has 3 rings (SSSR count). The monoisotopic (exact) mass is 396 g/mol. The van der Waals surface area contributed by atoms with Crippen LogP contribution in [-0.2, 0) is 28.4 Å². The Bertz CT molecular complexity index is 919. The molecule has 2 aromatic rings. The highest BCUT2D eigenvalue weighted by Gasteiger charge is 2.39. The minimum absolute atomic E-state index is 0.0366. The number of aromatic nitrogens is 4. The summed E-state index contributed by atoms with van der Waals surface area (Å²) in [6.07, 6.45) is 3.81. The largest absolute Gasteiger partial charge is 0.339 e. The SMILES string of the molecule is CC(C)c1nc(CN(C2CCCN(c3ccnn3C)C2=O)S(C)(=O)=O)no1. The van der Waals surface area contributed by atoms with E-state index in [9.17, 15) is 13.2 Å². The molecule has 2 aromatic heterocycles. The van der Waals surface area contributed by atoms with E-state index in [-0.39, 0.29) is 24.2 Å². The zero-order valence-electron chi connectivity index (χ0n) is 15.9. The first-order chi connectivity index (χ1) is 12.7. The van der Waals surface area contributed by atoms with Gasteiger partial charge in [0.25, 0.3) is 0 Å². The van der Waals surface area contributed by atoms with Gasteiger partial charge < -0.3 is 4.52 Å². The Morgan fingerprint density at radius 2 is 2.15 bits per heavy atom. The van der Waals surface area contributed by atoms with Gasteiger partial charge in [-0.3, -0.25) is 14.4 Å². The first-order valence-electron chi connectivity index (χ1n) is 8.77. The van der Waals surface area contributed by atoms with Gasteiger partial charge in [0.15, 0.2) is 5.82 Å². The van der Waals surface area contributed by atoms with Crippen molar-refractivity contribution in [1.29, 1.82) is 0 Å². The van der Waals surface area contributed by atoms with E-state index in [0.717, 1.165) is 10.6 Å². The first-order valence-corrected chi connectivity index (χ1v) is 10.6.